The summed E-state index contributed by atoms with van der Waals surface area (Å²) >= 11 is 0. The fourth-order valence-electron chi connectivity index (χ4n) is 4.44. The molecule has 26 heavy (non-hydrogen) atoms. The molecule has 140 valence electrons. The van der Waals surface area contributed by atoms with Gasteiger partial charge in [-0.05, 0) is 46.6 Å². The highest BCUT2D eigenvalue weighted by Gasteiger charge is 2.53. The topological polar surface area (TPSA) is 56.6 Å². The van der Waals surface area contributed by atoms with E-state index < -0.39 is 5.60 Å². The molecule has 0 saturated carbocycles. The molecular formula is C21H29N3O2. The first-order valence-electron chi connectivity index (χ1n) is 9.35. The van der Waals surface area contributed by atoms with Crippen LogP contribution < -0.4 is 0 Å². The van der Waals surface area contributed by atoms with E-state index >= 15 is 0 Å². The Morgan fingerprint density at radius 3 is 2.38 bits per heavy atom. The van der Waals surface area contributed by atoms with Crippen LogP contribution in [0.3, 0.4) is 0 Å². The molecule has 2 aliphatic rings. The molecule has 0 aliphatic carbocycles. The largest absolute Gasteiger partial charge is 0.444 e. The van der Waals surface area contributed by atoms with E-state index in [1.54, 1.807) is 4.90 Å². The van der Waals surface area contributed by atoms with Gasteiger partial charge in [0, 0.05) is 30.7 Å². The highest BCUT2D eigenvalue weighted by Crippen LogP contribution is 2.43. The Kier molecular flexibility index (Phi) is 4.74. The lowest BCUT2D eigenvalue weighted by Crippen LogP contribution is -2.61. The number of ether oxygens (including phenoxy) is 1. The van der Waals surface area contributed by atoms with E-state index in [1.165, 1.54) is 5.56 Å². The third kappa shape index (κ3) is 3.43. The van der Waals surface area contributed by atoms with Gasteiger partial charge in [-0.25, -0.2) is 4.79 Å². The molecule has 0 radical (unpaired) electrons. The van der Waals surface area contributed by atoms with Gasteiger partial charge in [0.2, 0.25) is 0 Å². The fourth-order valence-corrected chi connectivity index (χ4v) is 4.44. The van der Waals surface area contributed by atoms with Gasteiger partial charge in [-0.1, -0.05) is 30.3 Å². The number of hydrogen-bond donors (Lipinski definition) is 0. The van der Waals surface area contributed by atoms with Crippen molar-refractivity contribution in [2.45, 2.75) is 64.3 Å². The maximum atomic E-state index is 12.6. The molecule has 0 spiro atoms. The second-order valence-electron chi connectivity index (χ2n) is 8.91. The lowest BCUT2D eigenvalue weighted by Gasteiger charge is -2.49. The molecule has 1 amide bonds. The van der Waals surface area contributed by atoms with Crippen molar-refractivity contribution in [2.24, 2.45) is 5.92 Å². The van der Waals surface area contributed by atoms with E-state index in [4.69, 9.17) is 4.74 Å². The Morgan fingerprint density at radius 2 is 1.81 bits per heavy atom. The number of fused-ring (bicyclic) bond motifs is 2. The zero-order valence-corrected chi connectivity index (χ0v) is 16.4. The second kappa shape index (κ2) is 6.59. The average Bonchev–Trinajstić information content (AvgIpc) is 2.81. The molecule has 3 rings (SSSR count). The van der Waals surface area contributed by atoms with E-state index in [1.807, 2.05) is 26.8 Å². The van der Waals surface area contributed by atoms with E-state index in [9.17, 15) is 10.1 Å². The van der Waals surface area contributed by atoms with Crippen molar-refractivity contribution >= 4 is 6.09 Å². The Balaban J connectivity index is 1.85. The predicted molar refractivity (Wildman–Crippen MR) is 100 cm³/mol. The van der Waals surface area contributed by atoms with Gasteiger partial charge in [-0.15, -0.1) is 0 Å². The maximum absolute atomic E-state index is 12.6. The molecule has 2 heterocycles. The monoisotopic (exact) mass is 355 g/mol. The Bertz CT molecular complexity index is 702. The first-order valence-corrected chi connectivity index (χ1v) is 9.35. The van der Waals surface area contributed by atoms with Crippen LogP contribution in [0.1, 0.15) is 46.6 Å². The number of nitrogens with zero attached hydrogens (tertiary/aromatic N) is 3. The minimum absolute atomic E-state index is 0.0291. The van der Waals surface area contributed by atoms with E-state index in [0.717, 1.165) is 6.42 Å². The van der Waals surface area contributed by atoms with Crippen LogP contribution in [0.15, 0.2) is 30.3 Å². The molecule has 2 aliphatic heterocycles. The normalized spacial score (nSPS) is 26.5. The number of benzene rings is 1. The smallest absolute Gasteiger partial charge is 0.410 e. The highest BCUT2D eigenvalue weighted by atomic mass is 16.6. The van der Waals surface area contributed by atoms with Crippen molar-refractivity contribution in [1.82, 2.24) is 9.80 Å². The van der Waals surface area contributed by atoms with Crippen LogP contribution in [0.25, 0.3) is 0 Å². The number of likely N-dealkylation sites (tertiary alicyclic amines) is 1. The summed E-state index contributed by atoms with van der Waals surface area (Å²) in [6, 6.07) is 13.1. The minimum Gasteiger partial charge on any atom is -0.444 e. The van der Waals surface area contributed by atoms with Gasteiger partial charge < -0.3 is 9.64 Å². The third-order valence-electron chi connectivity index (χ3n) is 5.52. The third-order valence-corrected chi connectivity index (χ3v) is 5.52. The molecule has 0 unspecified atom stereocenters. The van der Waals surface area contributed by atoms with Crippen molar-refractivity contribution < 1.29 is 9.53 Å². The van der Waals surface area contributed by atoms with Crippen LogP contribution in [0.2, 0.25) is 0 Å². The van der Waals surface area contributed by atoms with Crippen molar-refractivity contribution in [3.63, 3.8) is 0 Å². The van der Waals surface area contributed by atoms with E-state index in [-0.39, 0.29) is 29.6 Å². The van der Waals surface area contributed by atoms with Crippen LogP contribution in [-0.2, 0) is 10.3 Å². The maximum Gasteiger partial charge on any atom is 0.410 e. The van der Waals surface area contributed by atoms with Gasteiger partial charge in [0.1, 0.15) is 5.60 Å². The number of carbonyl (C=O) groups is 1. The fraction of sp³-hybridized carbons (Fsp3) is 0.619. The molecule has 2 fully saturated rings. The van der Waals surface area contributed by atoms with Crippen LogP contribution in [0.4, 0.5) is 4.79 Å². The molecule has 3 atom stereocenters. The Labute approximate surface area is 156 Å². The van der Waals surface area contributed by atoms with Gasteiger partial charge >= 0.3 is 6.09 Å². The van der Waals surface area contributed by atoms with Crippen LogP contribution in [0, 0.1) is 17.2 Å². The summed E-state index contributed by atoms with van der Waals surface area (Å²) < 4.78 is 5.56. The van der Waals surface area contributed by atoms with Gasteiger partial charge in [0.05, 0.1) is 12.0 Å². The molecule has 1 aromatic carbocycles. The predicted octanol–water partition coefficient (Wildman–Crippen LogP) is 3.76. The quantitative estimate of drug-likeness (QED) is 0.811. The summed E-state index contributed by atoms with van der Waals surface area (Å²) in [5, 5.41) is 9.67. The first kappa shape index (κ1) is 18.7. The number of rotatable bonds is 2. The minimum atomic E-state index is -0.509. The van der Waals surface area contributed by atoms with Crippen molar-refractivity contribution in [1.29, 1.82) is 5.26 Å². The molecule has 2 saturated heterocycles. The lowest BCUT2D eigenvalue weighted by atomic mass is 9.89. The van der Waals surface area contributed by atoms with Crippen molar-refractivity contribution in [3.05, 3.63) is 35.9 Å². The molecule has 5 nitrogen and oxygen atoms in total. The van der Waals surface area contributed by atoms with Crippen molar-refractivity contribution in [2.75, 3.05) is 13.1 Å². The second-order valence-corrected chi connectivity index (χ2v) is 8.91. The average molecular weight is 355 g/mol. The van der Waals surface area contributed by atoms with Crippen LogP contribution >= 0.6 is 0 Å². The summed E-state index contributed by atoms with van der Waals surface area (Å²) in [6.07, 6.45) is 0.528. The summed E-state index contributed by atoms with van der Waals surface area (Å²) in [6.45, 7) is 11.2. The number of hydrogen-bond acceptors (Lipinski definition) is 4. The van der Waals surface area contributed by atoms with Crippen LogP contribution in [0.5, 0.6) is 0 Å². The van der Waals surface area contributed by atoms with Crippen molar-refractivity contribution in [3.8, 4) is 6.07 Å². The Morgan fingerprint density at radius 1 is 1.15 bits per heavy atom. The molecule has 1 aromatic rings. The first-order chi connectivity index (χ1) is 12.1. The number of nitriles is 1. The summed E-state index contributed by atoms with van der Waals surface area (Å²) in [4.78, 5) is 16.8. The Hall–Kier alpha value is -2.06. The number of piperazine rings is 1. The molecule has 0 N–H and O–H groups in total. The standard InChI is InChI=1S/C21H29N3O2/c1-20(2,3)26-19(25)23-13-17-11-15(12-22)18(14-23)24(17)21(4,5)16-9-7-6-8-10-16/h6-10,15,17-18H,11,13-14H2,1-5H3/t15-,17+,18-/m0/s1. The summed E-state index contributed by atoms with van der Waals surface area (Å²) in [5.74, 6) is -0.0598. The number of amides is 1. The molecular weight excluding hydrogens is 326 g/mol. The van der Waals surface area contributed by atoms with Gasteiger partial charge in [-0.2, -0.15) is 5.26 Å². The lowest BCUT2D eigenvalue weighted by molar-refractivity contribution is -0.0297. The molecule has 2 bridgehead atoms. The molecule has 0 aromatic heterocycles. The van der Waals surface area contributed by atoms with E-state index in [2.05, 4.69) is 49.1 Å². The SMILES string of the molecule is CC(C)(C)OC(=O)N1C[C@H]2C[C@@H](C#N)[C@H](C1)N2C(C)(C)c1ccccc1. The van der Waals surface area contributed by atoms with Gasteiger partial charge in [0.15, 0.2) is 0 Å². The highest BCUT2D eigenvalue weighted by molar-refractivity contribution is 5.68. The molecule has 5 heteroatoms. The zero-order chi connectivity index (χ0) is 19.1. The summed E-state index contributed by atoms with van der Waals surface area (Å²) in [7, 11) is 0. The summed E-state index contributed by atoms with van der Waals surface area (Å²) in [5.41, 5.74) is 0.534. The number of carbonyl (C=O) groups excluding carboxylic acids is 1. The zero-order valence-electron chi connectivity index (χ0n) is 16.4. The van der Waals surface area contributed by atoms with Gasteiger partial charge in [0.25, 0.3) is 0 Å². The van der Waals surface area contributed by atoms with Gasteiger partial charge in [-0.3, -0.25) is 4.90 Å². The van der Waals surface area contributed by atoms with E-state index in [0.29, 0.717) is 13.1 Å². The van der Waals surface area contributed by atoms with Crippen LogP contribution in [-0.4, -0.2) is 46.7 Å².